The third-order valence-corrected chi connectivity index (χ3v) is 6.12. The van der Waals surface area contributed by atoms with E-state index in [2.05, 4.69) is 5.32 Å². The van der Waals surface area contributed by atoms with Gasteiger partial charge < -0.3 is 18.0 Å². The van der Waals surface area contributed by atoms with Gasteiger partial charge in [0.1, 0.15) is 0 Å². The quantitative estimate of drug-likeness (QED) is 0.491. The van der Waals surface area contributed by atoms with Crippen molar-refractivity contribution in [1.29, 1.82) is 0 Å². The second kappa shape index (κ2) is 11.2. The van der Waals surface area contributed by atoms with Crippen LogP contribution in [0.3, 0.4) is 0 Å². The molecule has 6 nitrogen and oxygen atoms in total. The maximum absolute atomic E-state index is 11.7. The Morgan fingerprint density at radius 2 is 1.57 bits per heavy atom. The second-order valence-electron chi connectivity index (χ2n) is 4.71. The van der Waals surface area contributed by atoms with Crippen molar-refractivity contribution in [2.75, 3.05) is 31.7 Å². The van der Waals surface area contributed by atoms with Crippen molar-refractivity contribution in [3.05, 3.63) is 30.3 Å². The van der Waals surface area contributed by atoms with Crippen LogP contribution in [0.5, 0.6) is 0 Å². The maximum atomic E-state index is 11.7. The molecule has 1 aromatic rings. The van der Waals surface area contributed by atoms with Gasteiger partial charge >= 0.3 is 14.9 Å². The van der Waals surface area contributed by atoms with Crippen LogP contribution in [-0.2, 0) is 18.0 Å². The van der Waals surface area contributed by atoms with Crippen molar-refractivity contribution in [2.24, 2.45) is 0 Å². The van der Waals surface area contributed by atoms with E-state index in [1.807, 2.05) is 39.0 Å². The van der Waals surface area contributed by atoms with E-state index in [-0.39, 0.29) is 0 Å². The molecule has 0 aliphatic heterocycles. The smallest absolute Gasteiger partial charge is 0.449 e. The Bertz CT molecular complexity index is 426. The minimum absolute atomic E-state index is 0.292. The van der Waals surface area contributed by atoms with E-state index in [9.17, 15) is 4.79 Å². The maximum Gasteiger partial charge on any atom is 0.501 e. The molecule has 0 saturated carbocycles. The number of nitrogens with one attached hydrogen (secondary N) is 1. The molecule has 0 fully saturated rings. The van der Waals surface area contributed by atoms with Crippen LogP contribution >= 0.6 is 0 Å². The zero-order valence-corrected chi connectivity index (χ0v) is 15.2. The Morgan fingerprint density at radius 3 is 2.09 bits per heavy atom. The predicted molar refractivity (Wildman–Crippen MR) is 91.5 cm³/mol. The summed E-state index contributed by atoms with van der Waals surface area (Å²) in [5.74, 6) is 0. The fraction of sp³-hybridized carbons (Fsp3) is 0.562. The van der Waals surface area contributed by atoms with Crippen LogP contribution in [0.15, 0.2) is 30.3 Å². The number of ether oxygens (including phenoxy) is 1. The summed E-state index contributed by atoms with van der Waals surface area (Å²) in [5.41, 5.74) is 0.708. The predicted octanol–water partition coefficient (Wildman–Crippen LogP) is 3.67. The van der Waals surface area contributed by atoms with Crippen molar-refractivity contribution in [2.45, 2.75) is 33.2 Å². The summed E-state index contributed by atoms with van der Waals surface area (Å²) >= 11 is 0. The summed E-state index contributed by atoms with van der Waals surface area (Å²) in [6, 6.07) is 9.82. The SMILES string of the molecule is CCO[Si](CCCOC(=O)Nc1ccccc1)(OCC)OCC. The van der Waals surface area contributed by atoms with Crippen molar-refractivity contribution in [1.82, 2.24) is 0 Å². The fourth-order valence-electron chi connectivity index (χ4n) is 2.13. The second-order valence-corrected chi connectivity index (χ2v) is 7.44. The lowest BCUT2D eigenvalue weighted by molar-refractivity contribution is 0.0686. The van der Waals surface area contributed by atoms with Crippen LogP contribution in [0, 0.1) is 0 Å². The van der Waals surface area contributed by atoms with Gasteiger partial charge in [-0.05, 0) is 39.3 Å². The van der Waals surface area contributed by atoms with Gasteiger partial charge in [0.15, 0.2) is 0 Å². The van der Waals surface area contributed by atoms with Crippen LogP contribution in [0.2, 0.25) is 6.04 Å². The Kier molecular flexibility index (Phi) is 9.54. The van der Waals surface area contributed by atoms with Crippen molar-refractivity contribution in [3.63, 3.8) is 0 Å². The van der Waals surface area contributed by atoms with Gasteiger partial charge in [-0.3, -0.25) is 5.32 Å². The number of hydrogen-bond donors (Lipinski definition) is 1. The molecule has 0 saturated heterocycles. The van der Waals surface area contributed by atoms with Crippen molar-refractivity contribution >= 4 is 20.6 Å². The zero-order valence-electron chi connectivity index (χ0n) is 14.2. The van der Waals surface area contributed by atoms with Crippen LogP contribution < -0.4 is 5.32 Å². The molecule has 0 aromatic heterocycles. The van der Waals surface area contributed by atoms with Crippen molar-refractivity contribution < 1.29 is 22.8 Å². The van der Waals surface area contributed by atoms with Crippen molar-refractivity contribution in [3.8, 4) is 0 Å². The molecule has 1 rings (SSSR count). The Balaban J connectivity index is 2.36. The Morgan fingerprint density at radius 1 is 1.00 bits per heavy atom. The first-order valence-corrected chi connectivity index (χ1v) is 9.99. The molecule has 0 spiro atoms. The minimum atomic E-state index is -2.65. The average molecular weight is 341 g/mol. The van der Waals surface area contributed by atoms with E-state index in [0.29, 0.717) is 44.6 Å². The number of carbonyl (C=O) groups excluding carboxylic acids is 1. The van der Waals surface area contributed by atoms with Gasteiger partial charge in [-0.25, -0.2) is 4.79 Å². The summed E-state index contributed by atoms with van der Waals surface area (Å²) in [7, 11) is -2.65. The number of rotatable bonds is 11. The first kappa shape index (κ1) is 19.6. The third-order valence-electron chi connectivity index (χ3n) is 2.97. The van der Waals surface area contributed by atoms with E-state index in [4.69, 9.17) is 18.0 Å². The van der Waals surface area contributed by atoms with Gasteiger partial charge in [0, 0.05) is 31.6 Å². The number of hydrogen-bond acceptors (Lipinski definition) is 5. The van der Waals surface area contributed by atoms with Gasteiger partial charge in [0.25, 0.3) is 0 Å². The number of carbonyl (C=O) groups is 1. The first-order chi connectivity index (χ1) is 11.2. The molecule has 0 bridgehead atoms. The zero-order chi connectivity index (χ0) is 17.0. The third kappa shape index (κ3) is 7.60. The normalized spacial score (nSPS) is 11.3. The molecule has 0 radical (unpaired) electrons. The summed E-state index contributed by atoms with van der Waals surface area (Å²) in [6.45, 7) is 7.68. The lowest BCUT2D eigenvalue weighted by Crippen LogP contribution is -2.46. The number of para-hydroxylation sites is 1. The van der Waals surface area contributed by atoms with Crippen LogP contribution in [0.25, 0.3) is 0 Å². The molecule has 0 heterocycles. The average Bonchev–Trinajstić information content (AvgIpc) is 2.53. The molecule has 0 atom stereocenters. The Labute approximate surface area is 139 Å². The largest absolute Gasteiger partial charge is 0.501 e. The molecule has 1 amide bonds. The highest BCUT2D eigenvalue weighted by Gasteiger charge is 2.39. The molecule has 130 valence electrons. The number of benzene rings is 1. The highest BCUT2D eigenvalue weighted by Crippen LogP contribution is 2.18. The van der Waals surface area contributed by atoms with Gasteiger partial charge in [0.05, 0.1) is 6.61 Å². The molecule has 23 heavy (non-hydrogen) atoms. The minimum Gasteiger partial charge on any atom is -0.449 e. The van der Waals surface area contributed by atoms with Gasteiger partial charge in [0.2, 0.25) is 0 Å². The molecule has 0 unspecified atom stereocenters. The number of anilines is 1. The summed E-state index contributed by atoms with van der Waals surface area (Å²) in [5, 5.41) is 2.67. The van der Waals surface area contributed by atoms with E-state index < -0.39 is 14.9 Å². The van der Waals surface area contributed by atoms with Crippen LogP contribution in [0.1, 0.15) is 27.2 Å². The Hall–Kier alpha value is -1.41. The van der Waals surface area contributed by atoms with Gasteiger partial charge in [-0.2, -0.15) is 0 Å². The molecule has 0 aliphatic carbocycles. The summed E-state index contributed by atoms with van der Waals surface area (Å²) < 4.78 is 22.4. The van der Waals surface area contributed by atoms with Crippen LogP contribution in [0.4, 0.5) is 10.5 Å². The molecule has 1 N–H and O–H groups in total. The molecule has 1 aromatic carbocycles. The lowest BCUT2D eigenvalue weighted by atomic mass is 10.3. The van der Waals surface area contributed by atoms with E-state index in [0.717, 1.165) is 0 Å². The van der Waals surface area contributed by atoms with E-state index in [1.54, 1.807) is 12.1 Å². The van der Waals surface area contributed by atoms with Gasteiger partial charge in [-0.1, -0.05) is 18.2 Å². The highest BCUT2D eigenvalue weighted by molar-refractivity contribution is 6.60. The summed E-state index contributed by atoms with van der Waals surface area (Å²) in [6.07, 6.45) is 0.168. The summed E-state index contributed by atoms with van der Waals surface area (Å²) in [4.78, 5) is 11.7. The molecule has 7 heteroatoms. The molecular weight excluding hydrogens is 314 g/mol. The lowest BCUT2D eigenvalue weighted by Gasteiger charge is -2.28. The fourth-order valence-corrected chi connectivity index (χ4v) is 4.71. The van der Waals surface area contributed by atoms with Crippen LogP contribution in [-0.4, -0.2) is 41.3 Å². The highest BCUT2D eigenvalue weighted by atomic mass is 28.4. The first-order valence-electron chi connectivity index (χ1n) is 8.06. The topological polar surface area (TPSA) is 66.0 Å². The van der Waals surface area contributed by atoms with E-state index >= 15 is 0 Å². The molecule has 0 aliphatic rings. The monoisotopic (exact) mass is 341 g/mol. The standard InChI is InChI=1S/C16H27NO5Si/c1-4-20-23(21-5-2,22-6-3)14-10-13-19-16(18)17-15-11-8-7-9-12-15/h7-9,11-12H,4-6,10,13-14H2,1-3H3,(H,17,18). The van der Waals surface area contributed by atoms with Gasteiger partial charge in [-0.15, -0.1) is 0 Å². The molecular formula is C16H27NO5Si. The van der Waals surface area contributed by atoms with E-state index in [1.165, 1.54) is 0 Å². The number of amides is 1.